The molecule has 1 fully saturated rings. The van der Waals surface area contributed by atoms with Crippen molar-refractivity contribution in [3.63, 3.8) is 0 Å². The summed E-state index contributed by atoms with van der Waals surface area (Å²) in [5.74, 6) is 1.21. The molecule has 1 unspecified atom stereocenters. The molecule has 1 atom stereocenters. The second kappa shape index (κ2) is 12.1. The van der Waals surface area contributed by atoms with E-state index in [1.54, 1.807) is 36.4 Å². The van der Waals surface area contributed by atoms with Crippen molar-refractivity contribution in [3.8, 4) is 17.4 Å². The van der Waals surface area contributed by atoms with Gasteiger partial charge in [0.05, 0.1) is 5.52 Å². The monoisotopic (exact) mass is 566 g/mol. The van der Waals surface area contributed by atoms with Gasteiger partial charge in [0.25, 0.3) is 11.8 Å². The Hall–Kier alpha value is -4.63. The zero-order valence-electron chi connectivity index (χ0n) is 23.8. The third-order valence-corrected chi connectivity index (χ3v) is 7.51. The van der Waals surface area contributed by atoms with Crippen LogP contribution in [0.25, 0.3) is 10.9 Å². The van der Waals surface area contributed by atoms with Gasteiger partial charge < -0.3 is 24.8 Å². The van der Waals surface area contributed by atoms with Gasteiger partial charge in [0.1, 0.15) is 19.3 Å². The number of rotatable bonds is 8. The lowest BCUT2D eigenvalue weighted by molar-refractivity contribution is 0.101. The number of nitrogens with one attached hydrogen (secondary N) is 2. The molecule has 2 aliphatic heterocycles. The van der Waals surface area contributed by atoms with Crippen LogP contribution in [0.4, 0.5) is 11.4 Å². The minimum atomic E-state index is -0.288. The first-order valence-corrected chi connectivity index (χ1v) is 14.3. The van der Waals surface area contributed by atoms with E-state index < -0.39 is 0 Å². The third kappa shape index (κ3) is 6.31. The highest BCUT2D eigenvalue weighted by Gasteiger charge is 2.18. The van der Waals surface area contributed by atoms with Crippen LogP contribution in [0, 0.1) is 6.92 Å². The smallest absolute Gasteiger partial charge is 0.255 e. The van der Waals surface area contributed by atoms with Crippen molar-refractivity contribution >= 4 is 34.1 Å². The van der Waals surface area contributed by atoms with E-state index in [2.05, 4.69) is 27.4 Å². The lowest BCUT2D eigenvalue weighted by Crippen LogP contribution is -2.31. The van der Waals surface area contributed by atoms with Gasteiger partial charge in [0.2, 0.25) is 5.88 Å². The molecule has 2 N–H and O–H groups in total. The van der Waals surface area contributed by atoms with Crippen molar-refractivity contribution in [2.45, 2.75) is 32.8 Å². The first kappa shape index (κ1) is 27.5. The Morgan fingerprint density at radius 3 is 2.45 bits per heavy atom. The fraction of sp³-hybridized carbons (Fsp3) is 0.303. The van der Waals surface area contributed by atoms with Gasteiger partial charge in [0, 0.05) is 40.5 Å². The van der Waals surface area contributed by atoms with Crippen LogP contribution in [-0.4, -0.2) is 60.7 Å². The summed E-state index contributed by atoms with van der Waals surface area (Å²) in [7, 11) is 0. The molecule has 9 nitrogen and oxygen atoms in total. The normalized spacial score (nSPS) is 15.3. The average molecular weight is 567 g/mol. The molecule has 0 radical (unpaired) electrons. The first-order chi connectivity index (χ1) is 20.4. The van der Waals surface area contributed by atoms with Crippen LogP contribution in [0.3, 0.4) is 0 Å². The summed E-state index contributed by atoms with van der Waals surface area (Å²) < 4.78 is 17.2. The van der Waals surface area contributed by atoms with Crippen molar-refractivity contribution in [1.82, 2.24) is 9.88 Å². The second-order valence-corrected chi connectivity index (χ2v) is 10.8. The molecule has 0 aliphatic carbocycles. The van der Waals surface area contributed by atoms with Crippen LogP contribution in [0.2, 0.25) is 0 Å². The molecule has 1 saturated heterocycles. The van der Waals surface area contributed by atoms with E-state index in [9.17, 15) is 9.59 Å². The molecule has 3 aromatic carbocycles. The van der Waals surface area contributed by atoms with Crippen molar-refractivity contribution in [2.24, 2.45) is 0 Å². The van der Waals surface area contributed by atoms with Gasteiger partial charge in [-0.15, -0.1) is 0 Å². The molecule has 42 heavy (non-hydrogen) atoms. The topological polar surface area (TPSA) is 102 Å². The predicted octanol–water partition coefficient (Wildman–Crippen LogP) is 5.68. The Bertz CT molecular complexity index is 1630. The minimum absolute atomic E-state index is 0.0449. The predicted molar refractivity (Wildman–Crippen MR) is 162 cm³/mol. The molecule has 4 aromatic rings. The van der Waals surface area contributed by atoms with E-state index in [0.717, 1.165) is 36.1 Å². The fourth-order valence-electron chi connectivity index (χ4n) is 5.30. The van der Waals surface area contributed by atoms with E-state index in [-0.39, 0.29) is 17.9 Å². The summed E-state index contributed by atoms with van der Waals surface area (Å²) in [6.07, 6.45) is 2.55. The number of hydrogen-bond acceptors (Lipinski definition) is 7. The Kier molecular flexibility index (Phi) is 7.92. The van der Waals surface area contributed by atoms with Crippen LogP contribution in [0.1, 0.15) is 46.0 Å². The third-order valence-electron chi connectivity index (χ3n) is 7.51. The van der Waals surface area contributed by atoms with Gasteiger partial charge in [-0.2, -0.15) is 0 Å². The Morgan fingerprint density at radius 2 is 1.62 bits per heavy atom. The van der Waals surface area contributed by atoms with Gasteiger partial charge in [-0.1, -0.05) is 6.07 Å². The van der Waals surface area contributed by atoms with Crippen LogP contribution in [0.15, 0.2) is 66.7 Å². The molecule has 9 heteroatoms. The van der Waals surface area contributed by atoms with Crippen molar-refractivity contribution < 1.29 is 23.8 Å². The van der Waals surface area contributed by atoms with E-state index >= 15 is 0 Å². The largest absolute Gasteiger partial charge is 0.486 e. The number of carbonyl (C=O) groups is 2. The van der Waals surface area contributed by atoms with Crippen molar-refractivity contribution in [2.75, 3.05) is 43.5 Å². The van der Waals surface area contributed by atoms with Crippen LogP contribution >= 0.6 is 0 Å². The average Bonchev–Trinajstić information content (AvgIpc) is 3.51. The number of likely N-dealkylation sites (tertiary alicyclic amines) is 1. The summed E-state index contributed by atoms with van der Waals surface area (Å²) in [4.78, 5) is 33.2. The molecule has 216 valence electrons. The maximum absolute atomic E-state index is 13.2. The molecule has 0 spiro atoms. The number of ether oxygens (including phenoxy) is 3. The molecular formula is C33H34N4O5. The summed E-state index contributed by atoms with van der Waals surface area (Å²) in [6, 6.07) is 19.7. The molecule has 0 saturated carbocycles. The summed E-state index contributed by atoms with van der Waals surface area (Å²) in [5.41, 5.74) is 3.75. The maximum Gasteiger partial charge on any atom is 0.255 e. The first-order valence-electron chi connectivity index (χ1n) is 14.3. The Morgan fingerprint density at radius 1 is 0.881 bits per heavy atom. The van der Waals surface area contributed by atoms with E-state index in [1.165, 1.54) is 12.8 Å². The zero-order valence-corrected chi connectivity index (χ0v) is 23.8. The van der Waals surface area contributed by atoms with Crippen LogP contribution < -0.4 is 24.8 Å². The lowest BCUT2D eigenvalue weighted by atomic mass is 10.1. The van der Waals surface area contributed by atoms with Crippen LogP contribution in [-0.2, 0) is 0 Å². The highest BCUT2D eigenvalue weighted by molar-refractivity contribution is 6.08. The fourth-order valence-corrected chi connectivity index (χ4v) is 5.30. The standard InChI is InChI=1S/C33H34N4O5/c1-21-5-9-26(34-32(38)25-7-11-29-30(18-25)41-16-15-40-29)19-28(21)36-33(39)24-6-10-27-23(17-24)8-12-31(35-27)42-22(2)20-37-13-3-4-14-37/h5-12,17-19,22H,3-4,13-16,20H2,1-2H3,(H,34,38)(H,36,39). The zero-order chi connectivity index (χ0) is 29.1. The van der Waals surface area contributed by atoms with Gasteiger partial charge >= 0.3 is 0 Å². The maximum atomic E-state index is 13.2. The quantitative estimate of drug-likeness (QED) is 0.283. The number of anilines is 2. The highest BCUT2D eigenvalue weighted by Crippen LogP contribution is 2.31. The van der Waals surface area contributed by atoms with Gasteiger partial charge in [0.15, 0.2) is 11.5 Å². The van der Waals surface area contributed by atoms with Gasteiger partial charge in [-0.05, 0) is 99.9 Å². The Balaban J connectivity index is 1.11. The summed E-state index contributed by atoms with van der Waals surface area (Å²) in [6.45, 7) is 8.05. The van der Waals surface area contributed by atoms with E-state index in [0.29, 0.717) is 53.1 Å². The van der Waals surface area contributed by atoms with Crippen molar-refractivity contribution in [3.05, 3.63) is 83.4 Å². The lowest BCUT2D eigenvalue weighted by Gasteiger charge is -2.21. The van der Waals surface area contributed by atoms with Gasteiger partial charge in [-0.3, -0.25) is 14.5 Å². The SMILES string of the molecule is Cc1ccc(NC(=O)c2ccc3c(c2)OCCO3)cc1NC(=O)c1ccc2nc(OC(C)CN3CCCC3)ccc2c1. The summed E-state index contributed by atoms with van der Waals surface area (Å²) in [5, 5.41) is 6.73. The number of benzene rings is 3. The molecule has 0 bridgehead atoms. The number of nitrogens with zero attached hydrogens (tertiary/aromatic N) is 2. The molecular weight excluding hydrogens is 532 g/mol. The van der Waals surface area contributed by atoms with Gasteiger partial charge in [-0.25, -0.2) is 4.98 Å². The number of hydrogen-bond donors (Lipinski definition) is 2. The van der Waals surface area contributed by atoms with E-state index in [1.807, 2.05) is 37.3 Å². The molecule has 1 aromatic heterocycles. The molecule has 6 rings (SSSR count). The minimum Gasteiger partial charge on any atom is -0.486 e. The molecule has 2 aliphatic rings. The van der Waals surface area contributed by atoms with Crippen molar-refractivity contribution in [1.29, 1.82) is 0 Å². The summed E-state index contributed by atoms with van der Waals surface area (Å²) >= 11 is 0. The molecule has 2 amide bonds. The number of fused-ring (bicyclic) bond motifs is 2. The second-order valence-electron chi connectivity index (χ2n) is 10.8. The van der Waals surface area contributed by atoms with E-state index in [4.69, 9.17) is 14.2 Å². The molecule has 3 heterocycles. The number of aryl methyl sites for hydroxylation is 1. The Labute approximate surface area is 244 Å². The number of aromatic nitrogens is 1. The number of amides is 2. The number of pyridine rings is 1. The number of carbonyl (C=O) groups excluding carboxylic acids is 2. The van der Waals surface area contributed by atoms with Crippen LogP contribution in [0.5, 0.6) is 17.4 Å². The highest BCUT2D eigenvalue weighted by atomic mass is 16.6.